The summed E-state index contributed by atoms with van der Waals surface area (Å²) in [6.07, 6.45) is 3.17. The van der Waals surface area contributed by atoms with E-state index < -0.39 is 16.9 Å². The number of nitrogens with one attached hydrogen (secondary N) is 2. The molecule has 0 amide bonds. The number of hydrogen-bond acceptors (Lipinski definition) is 6. The number of hydrogen-bond donors (Lipinski definition) is 3. The van der Waals surface area contributed by atoms with Gasteiger partial charge in [0.15, 0.2) is 0 Å². The smallest absolute Gasteiger partial charge is 0.253 e. The molecule has 3 rings (SSSR count). The van der Waals surface area contributed by atoms with Crippen LogP contribution in [0.4, 0.5) is 17.1 Å². The lowest BCUT2D eigenvalue weighted by Gasteiger charge is -2.21. The predicted molar refractivity (Wildman–Crippen MR) is 93.5 cm³/mol. The first-order chi connectivity index (χ1) is 11.6. The fraction of sp³-hybridized carbons (Fsp3) is 0.167. The number of benzene rings is 1. The van der Waals surface area contributed by atoms with Crippen molar-refractivity contribution >= 4 is 17.1 Å². The molecule has 1 unspecified atom stereocenters. The summed E-state index contributed by atoms with van der Waals surface area (Å²) in [5.41, 5.74) is 1.84. The molecule has 0 aliphatic rings. The van der Waals surface area contributed by atoms with E-state index in [4.69, 9.17) is 0 Å². The van der Waals surface area contributed by atoms with Crippen LogP contribution < -0.4 is 21.5 Å². The summed E-state index contributed by atoms with van der Waals surface area (Å²) < 4.78 is 0. The van der Waals surface area contributed by atoms with Gasteiger partial charge in [0.05, 0.1) is 12.6 Å². The summed E-state index contributed by atoms with van der Waals surface area (Å²) in [6, 6.07) is 10.5. The Morgan fingerprint density at radius 3 is 2.25 bits per heavy atom. The zero-order valence-corrected chi connectivity index (χ0v) is 13.1. The van der Waals surface area contributed by atoms with E-state index in [1.54, 1.807) is 24.5 Å². The molecule has 0 saturated heterocycles. The zero-order valence-electron chi connectivity index (χ0n) is 13.1. The van der Waals surface area contributed by atoms with Crippen LogP contribution in [0.3, 0.4) is 0 Å². The van der Waals surface area contributed by atoms with E-state index in [0.29, 0.717) is 5.69 Å². The Balaban J connectivity index is 1.84. The molecular weight excluding hydrogens is 306 g/mol. The molecule has 0 radical (unpaired) electrons. The number of rotatable bonds is 6. The monoisotopic (exact) mass is 323 g/mol. The Morgan fingerprint density at radius 1 is 1.00 bits per heavy atom. The van der Waals surface area contributed by atoms with Crippen LogP contribution >= 0.6 is 0 Å². The topological polar surface area (TPSA) is 91.3 Å². The molecule has 0 aliphatic heterocycles. The summed E-state index contributed by atoms with van der Waals surface area (Å²) in [4.78, 5) is 27.6. The number of pyridine rings is 1. The molecule has 1 aromatic heterocycles. The summed E-state index contributed by atoms with van der Waals surface area (Å²) in [6.45, 7) is 1.77. The highest BCUT2D eigenvalue weighted by Gasteiger charge is 2.24. The normalized spacial score (nSPS) is 12.1. The predicted octanol–water partition coefficient (Wildman–Crippen LogP) is 1.88. The third-order valence-corrected chi connectivity index (χ3v) is 3.84. The quantitative estimate of drug-likeness (QED) is 0.600. The second kappa shape index (κ2) is 6.64. The maximum atomic E-state index is 11.9. The SMILES string of the molecule is Cc1ccc(C(CO)Nc2c(Nc3ccncc3)c(=O)c2=O)cc1. The molecule has 0 saturated carbocycles. The van der Waals surface area contributed by atoms with Crippen LogP contribution in [0, 0.1) is 6.92 Å². The minimum Gasteiger partial charge on any atom is -0.394 e. The van der Waals surface area contributed by atoms with Crippen molar-refractivity contribution in [3.05, 3.63) is 80.4 Å². The maximum Gasteiger partial charge on any atom is 0.253 e. The Bertz CT molecular complexity index is 898. The van der Waals surface area contributed by atoms with Gasteiger partial charge in [0, 0.05) is 18.1 Å². The molecule has 3 aromatic rings. The number of nitrogens with zero attached hydrogens (tertiary/aromatic N) is 1. The van der Waals surface area contributed by atoms with E-state index in [-0.39, 0.29) is 18.0 Å². The number of aliphatic hydroxyl groups is 1. The lowest BCUT2D eigenvalue weighted by Crippen LogP contribution is -2.37. The first-order valence-corrected chi connectivity index (χ1v) is 7.54. The van der Waals surface area contributed by atoms with Crippen molar-refractivity contribution in [2.45, 2.75) is 13.0 Å². The average molecular weight is 323 g/mol. The van der Waals surface area contributed by atoms with Crippen LogP contribution in [0.2, 0.25) is 0 Å². The van der Waals surface area contributed by atoms with E-state index in [1.807, 2.05) is 31.2 Å². The third-order valence-electron chi connectivity index (χ3n) is 3.84. The summed E-state index contributed by atoms with van der Waals surface area (Å²) in [5.74, 6) is 0. The highest BCUT2D eigenvalue weighted by molar-refractivity contribution is 5.78. The van der Waals surface area contributed by atoms with Gasteiger partial charge in [0.1, 0.15) is 11.4 Å². The van der Waals surface area contributed by atoms with Crippen LogP contribution in [0.5, 0.6) is 0 Å². The minimum atomic E-state index is -0.586. The molecule has 1 heterocycles. The molecule has 3 N–H and O–H groups in total. The zero-order chi connectivity index (χ0) is 17.1. The molecule has 24 heavy (non-hydrogen) atoms. The van der Waals surface area contributed by atoms with Crippen molar-refractivity contribution in [1.29, 1.82) is 0 Å². The van der Waals surface area contributed by atoms with Crippen LogP contribution in [-0.4, -0.2) is 16.7 Å². The van der Waals surface area contributed by atoms with E-state index in [2.05, 4.69) is 15.6 Å². The minimum absolute atomic E-state index is 0.191. The van der Waals surface area contributed by atoms with Crippen molar-refractivity contribution in [2.24, 2.45) is 0 Å². The van der Waals surface area contributed by atoms with E-state index >= 15 is 0 Å². The average Bonchev–Trinajstić information content (AvgIpc) is 2.62. The van der Waals surface area contributed by atoms with Gasteiger partial charge < -0.3 is 15.7 Å². The van der Waals surface area contributed by atoms with Gasteiger partial charge in [-0.05, 0) is 24.6 Å². The van der Waals surface area contributed by atoms with Crippen molar-refractivity contribution in [2.75, 3.05) is 17.2 Å². The Hall–Kier alpha value is -2.99. The molecule has 0 aliphatic carbocycles. The molecule has 6 heteroatoms. The first kappa shape index (κ1) is 15.9. The van der Waals surface area contributed by atoms with Gasteiger partial charge in [-0.3, -0.25) is 14.6 Å². The fourth-order valence-electron chi connectivity index (χ4n) is 2.44. The van der Waals surface area contributed by atoms with E-state index in [1.165, 1.54) is 0 Å². The van der Waals surface area contributed by atoms with E-state index in [9.17, 15) is 14.7 Å². The van der Waals surface area contributed by atoms with Gasteiger partial charge in [-0.25, -0.2) is 0 Å². The highest BCUT2D eigenvalue weighted by atomic mass is 16.3. The fourth-order valence-corrected chi connectivity index (χ4v) is 2.44. The van der Waals surface area contributed by atoms with E-state index in [0.717, 1.165) is 11.1 Å². The second-order valence-electron chi connectivity index (χ2n) is 5.56. The van der Waals surface area contributed by atoms with Gasteiger partial charge in [0.25, 0.3) is 10.9 Å². The molecule has 1 atom stereocenters. The first-order valence-electron chi connectivity index (χ1n) is 7.54. The van der Waals surface area contributed by atoms with Gasteiger partial charge in [-0.1, -0.05) is 29.8 Å². The summed E-state index contributed by atoms with van der Waals surface area (Å²) in [5, 5.41) is 15.5. The second-order valence-corrected chi connectivity index (χ2v) is 5.56. The summed E-state index contributed by atoms with van der Waals surface area (Å²) in [7, 11) is 0. The Morgan fingerprint density at radius 2 is 1.62 bits per heavy atom. The molecule has 122 valence electrons. The maximum absolute atomic E-state index is 11.9. The molecule has 0 bridgehead atoms. The molecule has 6 nitrogen and oxygen atoms in total. The molecule has 0 spiro atoms. The highest BCUT2D eigenvalue weighted by Crippen LogP contribution is 2.25. The number of anilines is 3. The van der Waals surface area contributed by atoms with Crippen LogP contribution in [0.1, 0.15) is 17.2 Å². The van der Waals surface area contributed by atoms with Crippen molar-refractivity contribution < 1.29 is 5.11 Å². The molecule has 2 aromatic carbocycles. The molecule has 0 fully saturated rings. The van der Waals surface area contributed by atoms with Gasteiger partial charge in [-0.15, -0.1) is 0 Å². The largest absolute Gasteiger partial charge is 0.394 e. The van der Waals surface area contributed by atoms with Crippen molar-refractivity contribution in [1.82, 2.24) is 4.98 Å². The Kier molecular flexibility index (Phi) is 4.39. The third kappa shape index (κ3) is 3.04. The number of aliphatic hydroxyl groups excluding tert-OH is 1. The number of aryl methyl sites for hydroxylation is 1. The lowest BCUT2D eigenvalue weighted by atomic mass is 10.0. The van der Waals surface area contributed by atoms with Crippen LogP contribution in [0.15, 0.2) is 58.4 Å². The standard InChI is InChI=1S/C18H17N3O3/c1-11-2-4-12(5-3-11)14(10-22)21-16-15(17(23)18(16)24)20-13-6-8-19-9-7-13/h2-9,14,21-22H,10H2,1H3,(H,19,20). The van der Waals surface area contributed by atoms with Crippen molar-refractivity contribution in [3.63, 3.8) is 0 Å². The van der Waals surface area contributed by atoms with Crippen LogP contribution in [-0.2, 0) is 0 Å². The van der Waals surface area contributed by atoms with Gasteiger partial charge in [-0.2, -0.15) is 0 Å². The lowest BCUT2D eigenvalue weighted by molar-refractivity contribution is 0.276. The molecular formula is C18H17N3O3. The van der Waals surface area contributed by atoms with Crippen LogP contribution in [0.25, 0.3) is 0 Å². The summed E-state index contributed by atoms with van der Waals surface area (Å²) >= 11 is 0. The van der Waals surface area contributed by atoms with Crippen molar-refractivity contribution in [3.8, 4) is 0 Å². The number of aromatic nitrogens is 1. The van der Waals surface area contributed by atoms with Gasteiger partial charge >= 0.3 is 0 Å². The van der Waals surface area contributed by atoms with Gasteiger partial charge in [0.2, 0.25) is 0 Å². The Labute approximate surface area is 138 Å².